The van der Waals surface area contributed by atoms with Crippen LogP contribution in [0.1, 0.15) is 6.92 Å². The van der Waals surface area contributed by atoms with E-state index in [-0.39, 0.29) is 0 Å². The Kier molecular flexibility index (Phi) is 3.77. The lowest BCUT2D eigenvalue weighted by molar-refractivity contribution is 0.335. The second kappa shape index (κ2) is 5.13. The molecular formula is C12H14NO2PS. The molecule has 1 heterocycles. The molecule has 0 bridgehead atoms. The highest BCUT2D eigenvalue weighted by atomic mass is 32.5. The lowest BCUT2D eigenvalue weighted by Gasteiger charge is -2.18. The fraction of sp³-hybridized carbons (Fsp3) is 0.250. The van der Waals surface area contributed by atoms with Crippen molar-refractivity contribution in [2.45, 2.75) is 6.92 Å². The maximum absolute atomic E-state index is 5.73. The lowest BCUT2D eigenvalue weighted by atomic mass is 10.2. The molecule has 0 radical (unpaired) electrons. The van der Waals surface area contributed by atoms with Gasteiger partial charge >= 0.3 is 0 Å². The lowest BCUT2D eigenvalue weighted by Crippen LogP contribution is -1.95. The summed E-state index contributed by atoms with van der Waals surface area (Å²) in [6.45, 7) is 2.14. The number of nitrogens with zero attached hydrogens (tertiary/aromatic N) is 1. The van der Waals surface area contributed by atoms with Crippen LogP contribution in [0.5, 0.6) is 5.75 Å². The maximum atomic E-state index is 5.73. The Morgan fingerprint density at radius 3 is 2.94 bits per heavy atom. The molecule has 1 atom stereocenters. The van der Waals surface area contributed by atoms with E-state index in [1.807, 2.05) is 43.9 Å². The molecule has 1 unspecified atom stereocenters. The summed E-state index contributed by atoms with van der Waals surface area (Å²) in [4.78, 5) is 4.25. The fourth-order valence-corrected chi connectivity index (χ4v) is 3.16. The predicted molar refractivity (Wildman–Crippen MR) is 74.2 cm³/mol. The van der Waals surface area contributed by atoms with Crippen molar-refractivity contribution in [1.29, 1.82) is 0 Å². The van der Waals surface area contributed by atoms with Crippen LogP contribution in [0.2, 0.25) is 0 Å². The number of rotatable bonds is 4. The first kappa shape index (κ1) is 12.5. The molecule has 0 amide bonds. The highest BCUT2D eigenvalue weighted by molar-refractivity contribution is 8.09. The summed E-state index contributed by atoms with van der Waals surface area (Å²) in [5.41, 5.74) is 0.945. The van der Waals surface area contributed by atoms with E-state index in [9.17, 15) is 0 Å². The van der Waals surface area contributed by atoms with Crippen LogP contribution < -0.4 is 4.52 Å². The standard InChI is InChI=1S/C12H14NO2PS/c1-3-14-16(2,17)15-11-6-7-12-10(9-11)5-4-8-13-12/h4-9H,3H2,1-2H3. The molecule has 0 aliphatic heterocycles. The van der Waals surface area contributed by atoms with Crippen LogP contribution in [0.4, 0.5) is 0 Å². The molecule has 0 saturated carbocycles. The third kappa shape index (κ3) is 3.25. The Morgan fingerprint density at radius 2 is 2.18 bits per heavy atom. The summed E-state index contributed by atoms with van der Waals surface area (Å²) in [6, 6.07) is 9.63. The van der Waals surface area contributed by atoms with E-state index in [0.717, 1.165) is 16.7 Å². The molecule has 0 N–H and O–H groups in total. The first-order valence-electron chi connectivity index (χ1n) is 5.37. The van der Waals surface area contributed by atoms with Gasteiger partial charge in [0.15, 0.2) is 0 Å². The average molecular weight is 267 g/mol. The van der Waals surface area contributed by atoms with E-state index >= 15 is 0 Å². The van der Waals surface area contributed by atoms with E-state index in [2.05, 4.69) is 4.98 Å². The van der Waals surface area contributed by atoms with Gasteiger partial charge in [-0.1, -0.05) is 6.07 Å². The maximum Gasteiger partial charge on any atom is 0.235 e. The van der Waals surface area contributed by atoms with Gasteiger partial charge in [-0.05, 0) is 43.0 Å². The van der Waals surface area contributed by atoms with Gasteiger partial charge in [-0.3, -0.25) is 4.98 Å². The second-order valence-corrected chi connectivity index (χ2v) is 7.61. The molecule has 3 nitrogen and oxygen atoms in total. The van der Waals surface area contributed by atoms with Gasteiger partial charge in [0.05, 0.1) is 12.1 Å². The number of aromatic nitrogens is 1. The van der Waals surface area contributed by atoms with Crippen LogP contribution in [-0.2, 0) is 16.3 Å². The van der Waals surface area contributed by atoms with Crippen LogP contribution >= 0.6 is 6.49 Å². The van der Waals surface area contributed by atoms with Crippen molar-refractivity contribution in [2.75, 3.05) is 13.3 Å². The molecular weight excluding hydrogens is 253 g/mol. The van der Waals surface area contributed by atoms with Crippen molar-refractivity contribution in [3.63, 3.8) is 0 Å². The van der Waals surface area contributed by atoms with Crippen LogP contribution in [-0.4, -0.2) is 18.3 Å². The van der Waals surface area contributed by atoms with E-state index in [1.54, 1.807) is 6.20 Å². The zero-order valence-corrected chi connectivity index (χ0v) is 11.5. The molecule has 2 aromatic rings. The molecule has 0 saturated heterocycles. The van der Waals surface area contributed by atoms with Gasteiger partial charge in [0.25, 0.3) is 0 Å². The average Bonchev–Trinajstić information content (AvgIpc) is 2.28. The minimum absolute atomic E-state index is 0.572. The number of pyridine rings is 1. The monoisotopic (exact) mass is 267 g/mol. The van der Waals surface area contributed by atoms with Crippen molar-refractivity contribution < 1.29 is 9.05 Å². The van der Waals surface area contributed by atoms with Gasteiger partial charge in [0.1, 0.15) is 5.75 Å². The predicted octanol–water partition coefficient (Wildman–Crippen LogP) is 3.59. The minimum Gasteiger partial charge on any atom is -0.444 e. The summed E-state index contributed by atoms with van der Waals surface area (Å²) >= 11 is 5.30. The van der Waals surface area contributed by atoms with E-state index < -0.39 is 6.49 Å². The number of fused-ring (bicyclic) bond motifs is 1. The molecule has 2 rings (SSSR count). The molecule has 17 heavy (non-hydrogen) atoms. The fourth-order valence-electron chi connectivity index (χ4n) is 1.56. The normalized spacial score (nSPS) is 14.5. The van der Waals surface area contributed by atoms with Gasteiger partial charge in [0, 0.05) is 18.2 Å². The number of hydrogen-bond donors (Lipinski definition) is 0. The van der Waals surface area contributed by atoms with Crippen molar-refractivity contribution >= 4 is 29.2 Å². The summed E-state index contributed by atoms with van der Waals surface area (Å²) < 4.78 is 11.2. The van der Waals surface area contributed by atoms with Crippen LogP contribution in [0, 0.1) is 0 Å². The molecule has 0 aliphatic carbocycles. The van der Waals surface area contributed by atoms with E-state index in [1.165, 1.54) is 0 Å². The highest BCUT2D eigenvalue weighted by Crippen LogP contribution is 2.44. The van der Waals surface area contributed by atoms with E-state index in [0.29, 0.717) is 6.61 Å². The Labute approximate surface area is 106 Å². The van der Waals surface area contributed by atoms with Crippen LogP contribution in [0.15, 0.2) is 36.5 Å². The first-order chi connectivity index (χ1) is 8.11. The molecule has 1 aromatic heterocycles. The highest BCUT2D eigenvalue weighted by Gasteiger charge is 2.12. The number of benzene rings is 1. The Balaban J connectivity index is 2.28. The topological polar surface area (TPSA) is 31.4 Å². The van der Waals surface area contributed by atoms with Crippen LogP contribution in [0.25, 0.3) is 10.9 Å². The summed E-state index contributed by atoms with van der Waals surface area (Å²) in [7, 11) is 0. The molecule has 0 fully saturated rings. The zero-order valence-electron chi connectivity index (χ0n) is 9.79. The largest absolute Gasteiger partial charge is 0.444 e. The quantitative estimate of drug-likeness (QED) is 0.792. The summed E-state index contributed by atoms with van der Waals surface area (Å²) in [5.74, 6) is 0.741. The number of hydrogen-bond acceptors (Lipinski definition) is 4. The molecule has 0 aliphatic rings. The van der Waals surface area contributed by atoms with E-state index in [4.69, 9.17) is 20.9 Å². The van der Waals surface area contributed by atoms with Gasteiger partial charge in [-0.25, -0.2) is 0 Å². The van der Waals surface area contributed by atoms with Gasteiger partial charge < -0.3 is 9.05 Å². The van der Waals surface area contributed by atoms with Crippen molar-refractivity contribution in [1.82, 2.24) is 4.98 Å². The zero-order chi connectivity index (χ0) is 12.3. The molecule has 0 spiro atoms. The van der Waals surface area contributed by atoms with Crippen LogP contribution in [0.3, 0.4) is 0 Å². The van der Waals surface area contributed by atoms with Gasteiger partial charge in [-0.15, -0.1) is 0 Å². The molecule has 90 valence electrons. The van der Waals surface area contributed by atoms with Crippen molar-refractivity contribution in [2.24, 2.45) is 0 Å². The molecule has 5 heteroatoms. The van der Waals surface area contributed by atoms with Gasteiger partial charge in [0.2, 0.25) is 6.49 Å². The summed E-state index contributed by atoms with van der Waals surface area (Å²) in [5, 5.41) is 1.04. The van der Waals surface area contributed by atoms with Gasteiger partial charge in [-0.2, -0.15) is 0 Å². The minimum atomic E-state index is -2.18. The Morgan fingerprint density at radius 1 is 1.35 bits per heavy atom. The summed E-state index contributed by atoms with van der Waals surface area (Å²) in [6.07, 6.45) is 1.77. The Bertz CT molecular complexity index is 573. The smallest absolute Gasteiger partial charge is 0.235 e. The SMILES string of the molecule is CCOP(C)(=S)Oc1ccc2ncccc2c1. The Hall–Kier alpha value is -0.960. The first-order valence-corrected chi connectivity index (χ1v) is 8.46. The third-order valence-electron chi connectivity index (χ3n) is 2.21. The van der Waals surface area contributed by atoms with Crippen molar-refractivity contribution in [3.8, 4) is 5.75 Å². The van der Waals surface area contributed by atoms with Crippen molar-refractivity contribution in [3.05, 3.63) is 36.5 Å². The molecule has 1 aromatic carbocycles. The second-order valence-electron chi connectivity index (χ2n) is 3.64. The third-order valence-corrected chi connectivity index (χ3v) is 4.02.